The number of halogens is 1. The zero-order chi connectivity index (χ0) is 14.7. The van der Waals surface area contributed by atoms with Crippen LogP contribution < -0.4 is 10.1 Å². The molecule has 1 aliphatic rings. The smallest absolute Gasteiger partial charge is 0.187 e. The second kappa shape index (κ2) is 6.08. The summed E-state index contributed by atoms with van der Waals surface area (Å²) in [7, 11) is 1.62. The summed E-state index contributed by atoms with van der Waals surface area (Å²) in [6.07, 6.45) is 4.61. The Morgan fingerprint density at radius 1 is 1.29 bits per heavy atom. The van der Waals surface area contributed by atoms with Crippen molar-refractivity contribution in [3.8, 4) is 5.75 Å². The molecule has 0 spiro atoms. The van der Waals surface area contributed by atoms with E-state index in [-0.39, 0.29) is 17.6 Å². The van der Waals surface area contributed by atoms with Crippen LogP contribution in [0.1, 0.15) is 36.4 Å². The van der Waals surface area contributed by atoms with Crippen LogP contribution in [0.5, 0.6) is 5.75 Å². The van der Waals surface area contributed by atoms with Gasteiger partial charge in [0, 0.05) is 18.0 Å². The number of nitrogens with one attached hydrogen (secondary N) is 1. The molecule has 110 valence electrons. The summed E-state index contributed by atoms with van der Waals surface area (Å²) in [5, 5.41) is 3.04. The van der Waals surface area contributed by atoms with E-state index < -0.39 is 0 Å². The quantitative estimate of drug-likeness (QED) is 0.914. The normalized spacial score (nSPS) is 14.6. The zero-order valence-corrected chi connectivity index (χ0v) is 12.0. The second-order valence-corrected chi connectivity index (χ2v) is 5.21. The lowest BCUT2D eigenvalue weighted by molar-refractivity contribution is 0.393. The van der Waals surface area contributed by atoms with Crippen LogP contribution in [0.3, 0.4) is 0 Å². The van der Waals surface area contributed by atoms with E-state index in [9.17, 15) is 4.39 Å². The first-order valence-electron chi connectivity index (χ1n) is 7.15. The first-order chi connectivity index (χ1) is 10.3. The van der Waals surface area contributed by atoms with Gasteiger partial charge in [-0.2, -0.15) is 0 Å². The largest absolute Gasteiger partial charge is 0.496 e. The number of aromatic nitrogens is 2. The summed E-state index contributed by atoms with van der Waals surface area (Å²) in [5.74, 6) is 0.966. The zero-order valence-electron chi connectivity index (χ0n) is 12.0. The molecule has 5 heteroatoms. The fourth-order valence-corrected chi connectivity index (χ4v) is 2.50. The van der Waals surface area contributed by atoms with Crippen molar-refractivity contribution in [2.45, 2.75) is 31.7 Å². The number of benzene rings is 1. The second-order valence-electron chi connectivity index (χ2n) is 5.21. The van der Waals surface area contributed by atoms with Crippen molar-refractivity contribution < 1.29 is 9.13 Å². The van der Waals surface area contributed by atoms with Gasteiger partial charge in [-0.05, 0) is 18.9 Å². The van der Waals surface area contributed by atoms with Crippen molar-refractivity contribution >= 4 is 5.82 Å². The van der Waals surface area contributed by atoms with Gasteiger partial charge in [-0.25, -0.2) is 14.4 Å². The minimum absolute atomic E-state index is 0.250. The minimum Gasteiger partial charge on any atom is -0.496 e. The number of hydrogen-bond acceptors (Lipinski definition) is 4. The maximum absolute atomic E-state index is 14.4. The molecule has 0 bridgehead atoms. The van der Waals surface area contributed by atoms with Crippen molar-refractivity contribution in [3.05, 3.63) is 47.7 Å². The Balaban J connectivity index is 1.76. The molecule has 0 unspecified atom stereocenters. The van der Waals surface area contributed by atoms with Crippen molar-refractivity contribution in [2.75, 3.05) is 12.4 Å². The predicted molar refractivity (Wildman–Crippen MR) is 78.9 cm³/mol. The molecule has 0 aliphatic heterocycles. The number of hydrogen-bond donors (Lipinski definition) is 1. The Kier molecular flexibility index (Phi) is 3.99. The monoisotopic (exact) mass is 287 g/mol. The van der Waals surface area contributed by atoms with Gasteiger partial charge in [-0.1, -0.05) is 24.6 Å². The Morgan fingerprint density at radius 3 is 2.81 bits per heavy atom. The third-order valence-corrected chi connectivity index (χ3v) is 3.95. The van der Waals surface area contributed by atoms with E-state index in [1.54, 1.807) is 7.11 Å². The van der Waals surface area contributed by atoms with E-state index in [1.165, 1.54) is 6.33 Å². The summed E-state index contributed by atoms with van der Waals surface area (Å²) in [4.78, 5) is 8.11. The molecule has 4 nitrogen and oxygen atoms in total. The van der Waals surface area contributed by atoms with E-state index >= 15 is 0 Å². The highest BCUT2D eigenvalue weighted by molar-refractivity contribution is 5.42. The minimum atomic E-state index is -0.322. The van der Waals surface area contributed by atoms with E-state index in [2.05, 4.69) is 15.3 Å². The van der Waals surface area contributed by atoms with Gasteiger partial charge >= 0.3 is 0 Å². The summed E-state index contributed by atoms with van der Waals surface area (Å²) in [6, 6.07) is 7.66. The van der Waals surface area contributed by atoms with Crippen LogP contribution in [0.25, 0.3) is 0 Å². The summed E-state index contributed by atoms with van der Waals surface area (Å²) >= 11 is 0. The topological polar surface area (TPSA) is 47.0 Å². The van der Waals surface area contributed by atoms with Gasteiger partial charge in [0.15, 0.2) is 11.6 Å². The molecule has 3 rings (SSSR count). The average Bonchev–Trinajstić information content (AvgIpc) is 2.46. The van der Waals surface area contributed by atoms with Gasteiger partial charge in [0.2, 0.25) is 0 Å². The lowest BCUT2D eigenvalue weighted by atomic mass is 9.82. The molecule has 1 aromatic heterocycles. The number of para-hydroxylation sites is 1. The van der Waals surface area contributed by atoms with Crippen molar-refractivity contribution in [2.24, 2.45) is 0 Å². The van der Waals surface area contributed by atoms with Crippen LogP contribution in [0.4, 0.5) is 10.2 Å². The Labute approximate surface area is 123 Å². The first kappa shape index (κ1) is 13.8. The third kappa shape index (κ3) is 2.82. The molecule has 1 heterocycles. The van der Waals surface area contributed by atoms with E-state index in [1.807, 2.05) is 24.3 Å². The molecule has 1 aromatic carbocycles. The highest BCUT2D eigenvalue weighted by Gasteiger charge is 2.25. The average molecular weight is 287 g/mol. The molecule has 1 N–H and O–H groups in total. The molecule has 1 fully saturated rings. The SMILES string of the molecule is COc1ccccc1CNc1ncnc(C2CCC2)c1F. The highest BCUT2D eigenvalue weighted by Crippen LogP contribution is 2.37. The number of anilines is 1. The standard InChI is InChI=1S/C16H18FN3O/c1-21-13-8-3-2-5-12(13)9-18-16-14(17)15(19-10-20-16)11-6-4-7-11/h2-3,5,8,10-11H,4,6-7,9H2,1H3,(H,18,19,20). The van der Waals surface area contributed by atoms with Crippen LogP contribution in [-0.2, 0) is 6.54 Å². The van der Waals surface area contributed by atoms with Crippen LogP contribution in [0.2, 0.25) is 0 Å². The fraction of sp³-hybridized carbons (Fsp3) is 0.375. The van der Waals surface area contributed by atoms with E-state index in [4.69, 9.17) is 4.74 Å². The first-order valence-corrected chi connectivity index (χ1v) is 7.15. The summed E-state index contributed by atoms with van der Waals surface area (Å²) in [5.41, 5.74) is 1.50. The molecule has 0 atom stereocenters. The lowest BCUT2D eigenvalue weighted by Gasteiger charge is -2.25. The van der Waals surface area contributed by atoms with Crippen molar-refractivity contribution in [1.29, 1.82) is 0 Å². The Hall–Kier alpha value is -2.17. The summed E-state index contributed by atoms with van der Waals surface area (Å²) in [6.45, 7) is 0.460. The molecule has 0 amide bonds. The highest BCUT2D eigenvalue weighted by atomic mass is 19.1. The van der Waals surface area contributed by atoms with Crippen molar-refractivity contribution in [1.82, 2.24) is 9.97 Å². The van der Waals surface area contributed by atoms with Gasteiger partial charge in [0.25, 0.3) is 0 Å². The number of nitrogens with zero attached hydrogens (tertiary/aromatic N) is 2. The lowest BCUT2D eigenvalue weighted by Crippen LogP contribution is -2.15. The molecule has 21 heavy (non-hydrogen) atoms. The molecule has 1 aliphatic carbocycles. The third-order valence-electron chi connectivity index (χ3n) is 3.95. The van der Waals surface area contributed by atoms with E-state index in [0.29, 0.717) is 12.2 Å². The number of methoxy groups -OCH3 is 1. The molecular formula is C16H18FN3O. The predicted octanol–water partition coefficient (Wildman–Crippen LogP) is 3.50. The van der Waals surface area contributed by atoms with Crippen LogP contribution in [0, 0.1) is 5.82 Å². The van der Waals surface area contributed by atoms with Crippen LogP contribution in [-0.4, -0.2) is 17.1 Å². The molecule has 0 radical (unpaired) electrons. The Bertz CT molecular complexity index is 629. The fourth-order valence-electron chi connectivity index (χ4n) is 2.50. The van der Waals surface area contributed by atoms with Gasteiger partial charge in [0.05, 0.1) is 12.8 Å². The number of rotatable bonds is 5. The maximum Gasteiger partial charge on any atom is 0.187 e. The molecule has 2 aromatic rings. The maximum atomic E-state index is 14.4. The Morgan fingerprint density at radius 2 is 2.10 bits per heavy atom. The van der Waals surface area contributed by atoms with Gasteiger partial charge in [-0.15, -0.1) is 0 Å². The molecule has 1 saturated carbocycles. The summed E-state index contributed by atoms with van der Waals surface area (Å²) < 4.78 is 19.7. The van der Waals surface area contributed by atoms with Gasteiger partial charge in [0.1, 0.15) is 12.1 Å². The van der Waals surface area contributed by atoms with E-state index in [0.717, 1.165) is 30.6 Å². The van der Waals surface area contributed by atoms with Gasteiger partial charge < -0.3 is 10.1 Å². The van der Waals surface area contributed by atoms with Gasteiger partial charge in [-0.3, -0.25) is 0 Å². The molecule has 0 saturated heterocycles. The van der Waals surface area contributed by atoms with Crippen molar-refractivity contribution in [3.63, 3.8) is 0 Å². The molecular weight excluding hydrogens is 269 g/mol. The number of ether oxygens (including phenoxy) is 1. The van der Waals surface area contributed by atoms with Crippen LogP contribution >= 0.6 is 0 Å². The van der Waals surface area contributed by atoms with Crippen LogP contribution in [0.15, 0.2) is 30.6 Å².